The molecule has 22 heavy (non-hydrogen) atoms. The van der Waals surface area contributed by atoms with Crippen LogP contribution in [0.4, 0.5) is 0 Å². The zero-order chi connectivity index (χ0) is 15.4. The van der Waals surface area contributed by atoms with Gasteiger partial charge in [-0.2, -0.15) is 0 Å². The van der Waals surface area contributed by atoms with Crippen molar-refractivity contribution in [2.75, 3.05) is 0 Å². The van der Waals surface area contributed by atoms with E-state index in [1.165, 1.54) is 42.4 Å². The summed E-state index contributed by atoms with van der Waals surface area (Å²) in [5, 5.41) is 0. The van der Waals surface area contributed by atoms with Gasteiger partial charge in [0.05, 0.1) is 0 Å². The van der Waals surface area contributed by atoms with E-state index in [0.717, 1.165) is 17.6 Å². The van der Waals surface area contributed by atoms with Gasteiger partial charge in [0.15, 0.2) is 0 Å². The zero-order valence-electron chi connectivity index (χ0n) is 13.7. The topological polar surface area (TPSA) is 9.23 Å². The summed E-state index contributed by atoms with van der Waals surface area (Å²) in [5.41, 5.74) is 4.24. The predicted molar refractivity (Wildman–Crippen MR) is 92.2 cm³/mol. The zero-order valence-corrected chi connectivity index (χ0v) is 13.7. The highest BCUT2D eigenvalue weighted by Crippen LogP contribution is 2.32. The highest BCUT2D eigenvalue weighted by Gasteiger charge is 2.21. The normalized spacial score (nSPS) is 21.0. The monoisotopic (exact) mass is 294 g/mol. The average molecular weight is 294 g/mol. The summed E-state index contributed by atoms with van der Waals surface area (Å²) >= 11 is 0. The number of benzene rings is 2. The van der Waals surface area contributed by atoms with Gasteiger partial charge in [0.25, 0.3) is 0 Å². The first-order valence-corrected chi connectivity index (χ1v) is 8.54. The van der Waals surface area contributed by atoms with E-state index >= 15 is 0 Å². The minimum Gasteiger partial charge on any atom is -0.489 e. The number of ether oxygens (including phenoxy) is 1. The quantitative estimate of drug-likeness (QED) is 0.684. The van der Waals surface area contributed by atoms with Crippen LogP contribution in [0.2, 0.25) is 0 Å². The molecule has 0 bridgehead atoms. The predicted octanol–water partition coefficient (Wildman–Crippen LogP) is 5.42. The lowest BCUT2D eigenvalue weighted by atomic mass is 9.86. The third-order valence-corrected chi connectivity index (χ3v) is 5.11. The van der Waals surface area contributed by atoms with Gasteiger partial charge < -0.3 is 4.74 Å². The Morgan fingerprint density at radius 1 is 1.05 bits per heavy atom. The molecule has 0 heterocycles. The van der Waals surface area contributed by atoms with Crippen molar-refractivity contribution in [3.63, 3.8) is 0 Å². The standard InChI is InChI=1S/C21H26O/c1-3-18-13-19-11-12-21(14-20(19)10-9-16(18)2)22-15-17-7-5-4-6-8-17/h4-8,11-12,14,16,18H,3,9-10,13,15H2,1-2H3/t16?,18-/m0/s1. The number of hydrogen-bond acceptors (Lipinski definition) is 1. The third kappa shape index (κ3) is 3.52. The molecule has 116 valence electrons. The van der Waals surface area contributed by atoms with Crippen LogP contribution in [0.1, 0.15) is 43.4 Å². The van der Waals surface area contributed by atoms with Gasteiger partial charge in [-0.15, -0.1) is 0 Å². The van der Waals surface area contributed by atoms with Gasteiger partial charge in [0, 0.05) is 0 Å². The van der Waals surface area contributed by atoms with Crippen molar-refractivity contribution in [2.45, 2.75) is 46.1 Å². The van der Waals surface area contributed by atoms with Crippen molar-refractivity contribution in [3.05, 3.63) is 65.2 Å². The van der Waals surface area contributed by atoms with Crippen molar-refractivity contribution in [1.29, 1.82) is 0 Å². The third-order valence-electron chi connectivity index (χ3n) is 5.11. The Morgan fingerprint density at radius 3 is 2.64 bits per heavy atom. The van der Waals surface area contributed by atoms with Crippen LogP contribution >= 0.6 is 0 Å². The summed E-state index contributed by atoms with van der Waals surface area (Å²) in [6.45, 7) is 5.38. The van der Waals surface area contributed by atoms with Crippen LogP contribution in [-0.4, -0.2) is 0 Å². The van der Waals surface area contributed by atoms with Crippen LogP contribution < -0.4 is 4.74 Å². The molecule has 1 aliphatic rings. The minimum atomic E-state index is 0.646. The Bertz CT molecular complexity index is 603. The number of fused-ring (bicyclic) bond motifs is 1. The first-order chi connectivity index (χ1) is 10.8. The lowest BCUT2D eigenvalue weighted by molar-refractivity contribution is 0.306. The van der Waals surface area contributed by atoms with Crippen molar-refractivity contribution in [2.24, 2.45) is 11.8 Å². The molecule has 0 saturated carbocycles. The smallest absolute Gasteiger partial charge is 0.120 e. The average Bonchev–Trinajstić information content (AvgIpc) is 2.72. The molecule has 0 saturated heterocycles. The largest absolute Gasteiger partial charge is 0.489 e. The Hall–Kier alpha value is -1.76. The molecule has 0 N–H and O–H groups in total. The van der Waals surface area contributed by atoms with Crippen LogP contribution in [0.15, 0.2) is 48.5 Å². The maximum Gasteiger partial charge on any atom is 0.120 e. The van der Waals surface area contributed by atoms with Crippen LogP contribution in [-0.2, 0) is 19.4 Å². The van der Waals surface area contributed by atoms with Gasteiger partial charge in [-0.1, -0.05) is 56.7 Å². The maximum absolute atomic E-state index is 5.98. The fraction of sp³-hybridized carbons (Fsp3) is 0.429. The van der Waals surface area contributed by atoms with Crippen LogP contribution in [0, 0.1) is 11.8 Å². The molecule has 1 unspecified atom stereocenters. The van der Waals surface area contributed by atoms with Crippen molar-refractivity contribution < 1.29 is 4.74 Å². The maximum atomic E-state index is 5.98. The minimum absolute atomic E-state index is 0.646. The van der Waals surface area contributed by atoms with Crippen LogP contribution in [0.25, 0.3) is 0 Å². The molecule has 2 aromatic carbocycles. The molecule has 3 rings (SSSR count). The van der Waals surface area contributed by atoms with Gasteiger partial charge in [-0.3, -0.25) is 0 Å². The molecule has 0 fully saturated rings. The molecule has 0 amide bonds. The SMILES string of the molecule is CC[C@H]1Cc2ccc(OCc3ccccc3)cc2CCC1C. The highest BCUT2D eigenvalue weighted by molar-refractivity contribution is 5.37. The van der Waals surface area contributed by atoms with E-state index in [0.29, 0.717) is 6.61 Å². The van der Waals surface area contributed by atoms with Crippen LogP contribution in [0.5, 0.6) is 5.75 Å². The first kappa shape index (κ1) is 15.1. The van der Waals surface area contributed by atoms with E-state index in [2.05, 4.69) is 56.3 Å². The van der Waals surface area contributed by atoms with E-state index in [1.807, 2.05) is 6.07 Å². The van der Waals surface area contributed by atoms with Crippen molar-refractivity contribution >= 4 is 0 Å². The lowest BCUT2D eigenvalue weighted by Gasteiger charge is -2.19. The molecular weight excluding hydrogens is 268 g/mol. The molecule has 0 aromatic heterocycles. The van der Waals surface area contributed by atoms with Crippen LogP contribution in [0.3, 0.4) is 0 Å². The highest BCUT2D eigenvalue weighted by atomic mass is 16.5. The summed E-state index contributed by atoms with van der Waals surface area (Å²) in [4.78, 5) is 0. The molecule has 2 aromatic rings. The first-order valence-electron chi connectivity index (χ1n) is 8.54. The molecule has 1 aliphatic carbocycles. The van der Waals surface area contributed by atoms with E-state index < -0.39 is 0 Å². The number of hydrogen-bond donors (Lipinski definition) is 0. The second-order valence-corrected chi connectivity index (χ2v) is 6.59. The van der Waals surface area contributed by atoms with Gasteiger partial charge in [-0.05, 0) is 59.9 Å². The summed E-state index contributed by atoms with van der Waals surface area (Å²) in [6, 6.07) is 17.1. The summed E-state index contributed by atoms with van der Waals surface area (Å²) in [5.74, 6) is 2.66. The Morgan fingerprint density at radius 2 is 1.86 bits per heavy atom. The lowest BCUT2D eigenvalue weighted by Crippen LogP contribution is -2.11. The molecule has 0 aliphatic heterocycles. The molecule has 0 radical (unpaired) electrons. The summed E-state index contributed by atoms with van der Waals surface area (Å²) in [7, 11) is 0. The van der Waals surface area contributed by atoms with Crippen molar-refractivity contribution in [1.82, 2.24) is 0 Å². The Labute approximate surface area is 134 Å². The second kappa shape index (κ2) is 7.00. The number of rotatable bonds is 4. The molecular formula is C21H26O. The summed E-state index contributed by atoms with van der Waals surface area (Å²) in [6.07, 6.45) is 5.00. The van der Waals surface area contributed by atoms with Crippen molar-refractivity contribution in [3.8, 4) is 5.75 Å². The molecule has 2 atom stereocenters. The van der Waals surface area contributed by atoms with Gasteiger partial charge >= 0.3 is 0 Å². The number of aryl methyl sites for hydroxylation is 1. The molecule has 0 spiro atoms. The van der Waals surface area contributed by atoms with Gasteiger partial charge in [0.1, 0.15) is 12.4 Å². The van der Waals surface area contributed by atoms with Gasteiger partial charge in [0.2, 0.25) is 0 Å². The molecule has 1 heteroatoms. The second-order valence-electron chi connectivity index (χ2n) is 6.59. The Kier molecular flexibility index (Phi) is 4.82. The van der Waals surface area contributed by atoms with E-state index in [9.17, 15) is 0 Å². The van der Waals surface area contributed by atoms with E-state index in [4.69, 9.17) is 4.74 Å². The fourth-order valence-corrected chi connectivity index (χ4v) is 3.51. The summed E-state index contributed by atoms with van der Waals surface area (Å²) < 4.78 is 5.98. The Balaban J connectivity index is 1.71. The van der Waals surface area contributed by atoms with E-state index in [-0.39, 0.29) is 0 Å². The van der Waals surface area contributed by atoms with Gasteiger partial charge in [-0.25, -0.2) is 0 Å². The fourth-order valence-electron chi connectivity index (χ4n) is 3.51. The van der Waals surface area contributed by atoms with E-state index in [1.54, 1.807) is 0 Å². The molecule has 1 nitrogen and oxygen atoms in total.